The Kier molecular flexibility index (Phi) is 1.59. The van der Waals surface area contributed by atoms with Gasteiger partial charge in [-0.1, -0.05) is 6.07 Å². The van der Waals surface area contributed by atoms with Crippen LogP contribution in [0.5, 0.6) is 0 Å². The molecule has 0 aliphatic carbocycles. The summed E-state index contributed by atoms with van der Waals surface area (Å²) in [5, 5.41) is 8.92. The van der Waals surface area contributed by atoms with Gasteiger partial charge in [0.25, 0.3) is 0 Å². The van der Waals surface area contributed by atoms with Gasteiger partial charge in [0.15, 0.2) is 0 Å². The maximum absolute atomic E-state index is 8.92. The summed E-state index contributed by atoms with van der Waals surface area (Å²) in [6.45, 7) is 2.03. The lowest BCUT2D eigenvalue weighted by atomic mass is 10.3. The zero-order valence-corrected chi connectivity index (χ0v) is 6.86. The van der Waals surface area contributed by atoms with Gasteiger partial charge in [0.1, 0.15) is 0 Å². The minimum atomic E-state index is -0.000436. The first kappa shape index (κ1) is 7.31. The first-order chi connectivity index (χ1) is 5.81. The molecule has 2 aromatic heterocycles. The van der Waals surface area contributed by atoms with Crippen LogP contribution in [0.25, 0.3) is 5.52 Å². The Morgan fingerprint density at radius 1 is 1.50 bits per heavy atom. The van der Waals surface area contributed by atoms with E-state index in [0.717, 1.165) is 11.2 Å². The summed E-state index contributed by atoms with van der Waals surface area (Å²) in [6.07, 6.45) is 3.70. The molecule has 62 valence electrons. The predicted molar refractivity (Wildman–Crippen MR) is 45.9 cm³/mol. The first-order valence-corrected chi connectivity index (χ1v) is 3.84. The van der Waals surface area contributed by atoms with Gasteiger partial charge < -0.3 is 9.51 Å². The van der Waals surface area contributed by atoms with E-state index in [1.165, 1.54) is 5.56 Å². The summed E-state index contributed by atoms with van der Waals surface area (Å²) in [4.78, 5) is 4.07. The normalized spacial score (nSPS) is 10.8. The average molecular weight is 162 g/mol. The molecule has 0 aliphatic rings. The molecule has 3 heteroatoms. The van der Waals surface area contributed by atoms with Crippen LogP contribution < -0.4 is 0 Å². The zero-order chi connectivity index (χ0) is 8.55. The van der Waals surface area contributed by atoms with Gasteiger partial charge in [-0.2, -0.15) is 0 Å². The second kappa shape index (κ2) is 2.60. The van der Waals surface area contributed by atoms with E-state index in [1.807, 2.05) is 29.7 Å². The largest absolute Gasteiger partial charge is 0.390 e. The maximum Gasteiger partial charge on any atom is 0.0996 e. The minimum absolute atomic E-state index is 0.000436. The van der Waals surface area contributed by atoms with Crippen molar-refractivity contribution < 1.29 is 5.11 Å². The molecule has 0 unspecified atom stereocenters. The van der Waals surface area contributed by atoms with E-state index >= 15 is 0 Å². The van der Waals surface area contributed by atoms with E-state index in [1.54, 1.807) is 6.33 Å². The quantitative estimate of drug-likeness (QED) is 0.682. The van der Waals surface area contributed by atoms with Crippen molar-refractivity contribution in [3.05, 3.63) is 35.9 Å². The van der Waals surface area contributed by atoms with E-state index in [9.17, 15) is 0 Å². The van der Waals surface area contributed by atoms with Gasteiger partial charge in [0.05, 0.1) is 24.1 Å². The van der Waals surface area contributed by atoms with Crippen LogP contribution >= 0.6 is 0 Å². The van der Waals surface area contributed by atoms with Gasteiger partial charge in [-0.05, 0) is 18.6 Å². The number of fused-ring (bicyclic) bond motifs is 1. The van der Waals surface area contributed by atoms with Crippen LogP contribution in [0.4, 0.5) is 0 Å². The molecule has 2 rings (SSSR count). The summed E-state index contributed by atoms with van der Waals surface area (Å²) < 4.78 is 1.92. The first-order valence-electron chi connectivity index (χ1n) is 3.84. The second-order valence-electron chi connectivity index (χ2n) is 2.85. The van der Waals surface area contributed by atoms with Crippen molar-refractivity contribution >= 4 is 5.52 Å². The number of rotatable bonds is 1. The van der Waals surface area contributed by atoms with E-state index in [0.29, 0.717) is 0 Å². The molecule has 0 aliphatic heterocycles. The van der Waals surface area contributed by atoms with Gasteiger partial charge in [-0.3, -0.25) is 0 Å². The summed E-state index contributed by atoms with van der Waals surface area (Å²) in [6, 6.07) is 3.98. The molecule has 0 atom stereocenters. The summed E-state index contributed by atoms with van der Waals surface area (Å²) in [7, 11) is 0. The van der Waals surface area contributed by atoms with Crippen LogP contribution in [-0.2, 0) is 6.61 Å². The molecule has 0 fully saturated rings. The molecule has 0 aromatic carbocycles. The molecule has 12 heavy (non-hydrogen) atoms. The molecule has 0 radical (unpaired) electrons. The van der Waals surface area contributed by atoms with Gasteiger partial charge in [0.2, 0.25) is 0 Å². The van der Waals surface area contributed by atoms with Gasteiger partial charge >= 0.3 is 0 Å². The SMILES string of the molecule is Cc1ccc2c(CO)ncn2c1. The molecule has 0 bridgehead atoms. The number of hydrogen-bond acceptors (Lipinski definition) is 2. The summed E-state index contributed by atoms with van der Waals surface area (Å²) in [5.41, 5.74) is 2.89. The molecule has 2 aromatic rings. The summed E-state index contributed by atoms with van der Waals surface area (Å²) >= 11 is 0. The van der Waals surface area contributed by atoms with Gasteiger partial charge in [-0.25, -0.2) is 4.98 Å². The lowest BCUT2D eigenvalue weighted by Crippen LogP contribution is -1.86. The Morgan fingerprint density at radius 3 is 3.08 bits per heavy atom. The van der Waals surface area contributed by atoms with Crippen molar-refractivity contribution in [3.8, 4) is 0 Å². The molecule has 3 nitrogen and oxygen atoms in total. The van der Waals surface area contributed by atoms with Crippen LogP contribution in [0.1, 0.15) is 11.3 Å². The minimum Gasteiger partial charge on any atom is -0.390 e. The highest BCUT2D eigenvalue weighted by Gasteiger charge is 2.00. The van der Waals surface area contributed by atoms with Crippen LogP contribution in [-0.4, -0.2) is 14.5 Å². The van der Waals surface area contributed by atoms with E-state index < -0.39 is 0 Å². The predicted octanol–water partition coefficient (Wildman–Crippen LogP) is 1.14. The van der Waals surface area contributed by atoms with Crippen LogP contribution in [0.15, 0.2) is 24.7 Å². The summed E-state index contributed by atoms with van der Waals surface area (Å²) in [5.74, 6) is 0. The fourth-order valence-corrected chi connectivity index (χ4v) is 1.29. The van der Waals surface area contributed by atoms with Crippen molar-refractivity contribution in [3.63, 3.8) is 0 Å². The molecule has 0 spiro atoms. The van der Waals surface area contributed by atoms with Crippen LogP contribution in [0.2, 0.25) is 0 Å². The molecular formula is C9H10N2O. The lowest BCUT2D eigenvalue weighted by Gasteiger charge is -1.96. The Balaban J connectivity index is 2.73. The molecule has 0 saturated carbocycles. The highest BCUT2D eigenvalue weighted by molar-refractivity contribution is 5.52. The molecule has 0 amide bonds. The number of aromatic nitrogens is 2. The van der Waals surface area contributed by atoms with Gasteiger partial charge in [-0.15, -0.1) is 0 Å². The number of nitrogens with zero attached hydrogens (tertiary/aromatic N) is 2. The average Bonchev–Trinajstić information content (AvgIpc) is 2.46. The number of aliphatic hydroxyl groups is 1. The van der Waals surface area contributed by atoms with Crippen molar-refractivity contribution in [1.82, 2.24) is 9.38 Å². The molecule has 0 saturated heterocycles. The van der Waals surface area contributed by atoms with Crippen LogP contribution in [0.3, 0.4) is 0 Å². The number of aryl methyl sites for hydroxylation is 1. The maximum atomic E-state index is 8.92. The lowest BCUT2D eigenvalue weighted by molar-refractivity contribution is 0.279. The second-order valence-corrected chi connectivity index (χ2v) is 2.85. The van der Waals surface area contributed by atoms with Gasteiger partial charge in [0, 0.05) is 6.20 Å². The molecule has 1 N–H and O–H groups in total. The highest BCUT2D eigenvalue weighted by atomic mass is 16.3. The van der Waals surface area contributed by atoms with Crippen molar-refractivity contribution in [2.24, 2.45) is 0 Å². The van der Waals surface area contributed by atoms with Crippen molar-refractivity contribution in [2.75, 3.05) is 0 Å². The van der Waals surface area contributed by atoms with Crippen molar-refractivity contribution in [2.45, 2.75) is 13.5 Å². The molecular weight excluding hydrogens is 152 g/mol. The Bertz CT molecular complexity index is 406. The van der Waals surface area contributed by atoms with Crippen molar-refractivity contribution in [1.29, 1.82) is 0 Å². The highest BCUT2D eigenvalue weighted by Crippen LogP contribution is 2.10. The van der Waals surface area contributed by atoms with E-state index in [4.69, 9.17) is 5.11 Å². The van der Waals surface area contributed by atoms with E-state index in [2.05, 4.69) is 4.98 Å². The number of pyridine rings is 1. The standard InChI is InChI=1S/C9H10N2O/c1-7-2-3-9-8(5-12)10-6-11(9)4-7/h2-4,6,12H,5H2,1H3. The Morgan fingerprint density at radius 2 is 2.33 bits per heavy atom. The smallest absolute Gasteiger partial charge is 0.0996 e. The Hall–Kier alpha value is -1.35. The number of aliphatic hydroxyl groups excluding tert-OH is 1. The third-order valence-corrected chi connectivity index (χ3v) is 1.91. The Labute approximate surface area is 70.3 Å². The van der Waals surface area contributed by atoms with Crippen LogP contribution in [0, 0.1) is 6.92 Å². The fourth-order valence-electron chi connectivity index (χ4n) is 1.29. The third-order valence-electron chi connectivity index (χ3n) is 1.91. The topological polar surface area (TPSA) is 37.5 Å². The third kappa shape index (κ3) is 0.987. The number of hydrogen-bond donors (Lipinski definition) is 1. The zero-order valence-electron chi connectivity index (χ0n) is 6.86. The fraction of sp³-hybridized carbons (Fsp3) is 0.222. The molecule has 2 heterocycles. The van der Waals surface area contributed by atoms with E-state index in [-0.39, 0.29) is 6.61 Å². The number of imidazole rings is 1. The monoisotopic (exact) mass is 162 g/mol.